The van der Waals surface area contributed by atoms with Crippen molar-refractivity contribution in [1.29, 1.82) is 0 Å². The average Bonchev–Trinajstić information content (AvgIpc) is 3.42. The Labute approximate surface area is 170 Å². The van der Waals surface area contributed by atoms with Gasteiger partial charge in [0.1, 0.15) is 0 Å². The highest BCUT2D eigenvalue weighted by Crippen LogP contribution is 2.52. The first-order valence-corrected chi connectivity index (χ1v) is 10.4. The molecule has 5 nitrogen and oxygen atoms in total. The third kappa shape index (κ3) is 3.14. The molecule has 29 heavy (non-hydrogen) atoms. The van der Waals surface area contributed by atoms with Crippen LogP contribution in [0.2, 0.25) is 0 Å². The van der Waals surface area contributed by atoms with Gasteiger partial charge in [-0.2, -0.15) is 0 Å². The van der Waals surface area contributed by atoms with Gasteiger partial charge in [-0.15, -0.1) is 0 Å². The molecule has 7 atom stereocenters. The molecule has 1 aliphatic carbocycles. The van der Waals surface area contributed by atoms with Crippen molar-refractivity contribution in [3.05, 3.63) is 71.8 Å². The molecule has 5 heteroatoms. The molecule has 2 bridgehead atoms. The van der Waals surface area contributed by atoms with Crippen LogP contribution in [-0.4, -0.2) is 36.2 Å². The van der Waals surface area contributed by atoms with Gasteiger partial charge in [0, 0.05) is 0 Å². The number of hydrogen-bond acceptors (Lipinski definition) is 5. The molecule has 0 aromatic heterocycles. The SMILES string of the molecule is CC1CCC2C3NC(C(OC(=O)c4ccccc4)C3OC(=O)c3ccccc3)C12. The summed E-state index contributed by atoms with van der Waals surface area (Å²) in [6.07, 6.45) is 1.36. The van der Waals surface area contributed by atoms with Gasteiger partial charge in [0.25, 0.3) is 0 Å². The van der Waals surface area contributed by atoms with Crippen LogP contribution in [0.15, 0.2) is 60.7 Å². The number of fused-ring (bicyclic) bond motifs is 5. The fourth-order valence-corrected chi connectivity index (χ4v) is 5.63. The molecule has 0 amide bonds. The van der Waals surface area contributed by atoms with E-state index >= 15 is 0 Å². The first-order valence-electron chi connectivity index (χ1n) is 10.4. The highest BCUT2D eigenvalue weighted by molar-refractivity contribution is 5.90. The number of rotatable bonds is 4. The molecule has 2 heterocycles. The lowest BCUT2D eigenvalue weighted by Gasteiger charge is -2.36. The Morgan fingerprint density at radius 1 is 0.793 bits per heavy atom. The number of nitrogens with one attached hydrogen (secondary N) is 1. The zero-order chi connectivity index (χ0) is 20.0. The van der Waals surface area contributed by atoms with Crippen molar-refractivity contribution in [2.75, 3.05) is 0 Å². The maximum absolute atomic E-state index is 12.8. The fourth-order valence-electron chi connectivity index (χ4n) is 5.63. The van der Waals surface area contributed by atoms with E-state index in [1.54, 1.807) is 24.3 Å². The van der Waals surface area contributed by atoms with Gasteiger partial charge in [0.2, 0.25) is 0 Å². The van der Waals surface area contributed by atoms with Crippen molar-refractivity contribution in [2.45, 2.75) is 44.1 Å². The molecule has 2 aromatic carbocycles. The molecule has 1 saturated carbocycles. The first-order chi connectivity index (χ1) is 14.1. The fraction of sp³-hybridized carbons (Fsp3) is 0.417. The van der Waals surface area contributed by atoms with Crippen LogP contribution in [0.3, 0.4) is 0 Å². The van der Waals surface area contributed by atoms with Crippen LogP contribution in [0.4, 0.5) is 0 Å². The topological polar surface area (TPSA) is 64.6 Å². The molecule has 3 aliphatic rings. The molecule has 7 unspecified atom stereocenters. The summed E-state index contributed by atoms with van der Waals surface area (Å²) in [4.78, 5) is 25.5. The van der Waals surface area contributed by atoms with Crippen molar-refractivity contribution in [3.63, 3.8) is 0 Å². The summed E-state index contributed by atoms with van der Waals surface area (Å²) in [6, 6.07) is 18.0. The third-order valence-electron chi connectivity index (χ3n) is 6.90. The van der Waals surface area contributed by atoms with Gasteiger partial charge in [-0.05, 0) is 48.4 Å². The second-order valence-corrected chi connectivity index (χ2v) is 8.49. The number of carbonyl (C=O) groups is 2. The lowest BCUT2D eigenvalue weighted by molar-refractivity contribution is -0.0566. The number of carbonyl (C=O) groups excluding carboxylic acids is 2. The van der Waals surface area contributed by atoms with Gasteiger partial charge >= 0.3 is 11.9 Å². The van der Waals surface area contributed by atoms with Gasteiger partial charge in [0.05, 0.1) is 23.2 Å². The van der Waals surface area contributed by atoms with Gasteiger partial charge in [-0.3, -0.25) is 0 Å². The van der Waals surface area contributed by atoms with Crippen molar-refractivity contribution < 1.29 is 19.1 Å². The Morgan fingerprint density at radius 3 is 1.86 bits per heavy atom. The summed E-state index contributed by atoms with van der Waals surface area (Å²) in [5.41, 5.74) is 1.03. The lowest BCUT2D eigenvalue weighted by Crippen LogP contribution is -2.50. The minimum Gasteiger partial charge on any atom is -0.453 e. The third-order valence-corrected chi connectivity index (χ3v) is 6.90. The minimum atomic E-state index is -0.470. The number of esters is 2. The molecule has 0 spiro atoms. The molecule has 0 radical (unpaired) electrons. The van der Waals surface area contributed by atoms with E-state index in [0.29, 0.717) is 28.9 Å². The Bertz CT molecular complexity index is 900. The molecule has 5 rings (SSSR count). The van der Waals surface area contributed by atoms with Crippen LogP contribution in [-0.2, 0) is 9.47 Å². The van der Waals surface area contributed by atoms with Crippen LogP contribution in [0.25, 0.3) is 0 Å². The van der Waals surface area contributed by atoms with Gasteiger partial charge < -0.3 is 14.8 Å². The molecular formula is C24H25NO4. The van der Waals surface area contributed by atoms with Crippen LogP contribution in [0.5, 0.6) is 0 Å². The van der Waals surface area contributed by atoms with E-state index < -0.39 is 12.2 Å². The molecule has 2 aromatic rings. The Morgan fingerprint density at radius 2 is 1.31 bits per heavy atom. The molecular weight excluding hydrogens is 366 g/mol. The van der Waals surface area contributed by atoms with Crippen LogP contribution in [0.1, 0.15) is 40.5 Å². The number of benzene rings is 2. The van der Waals surface area contributed by atoms with E-state index in [0.717, 1.165) is 6.42 Å². The van der Waals surface area contributed by atoms with E-state index in [2.05, 4.69) is 12.2 Å². The van der Waals surface area contributed by atoms with E-state index in [1.807, 2.05) is 36.4 Å². The largest absolute Gasteiger partial charge is 0.453 e. The van der Waals surface area contributed by atoms with Gasteiger partial charge in [0.15, 0.2) is 12.2 Å². The van der Waals surface area contributed by atoms with Crippen molar-refractivity contribution in [2.24, 2.45) is 17.8 Å². The molecule has 3 fully saturated rings. The monoisotopic (exact) mass is 391 g/mol. The first kappa shape index (κ1) is 18.4. The second kappa shape index (κ2) is 7.30. The zero-order valence-electron chi connectivity index (χ0n) is 16.4. The van der Waals surface area contributed by atoms with Crippen LogP contribution < -0.4 is 5.32 Å². The summed E-state index contributed by atoms with van der Waals surface area (Å²) in [5, 5.41) is 3.62. The predicted octanol–water partition coefficient (Wildman–Crippen LogP) is 3.45. The maximum atomic E-state index is 12.8. The summed E-state index contributed by atoms with van der Waals surface area (Å²) >= 11 is 0. The summed E-state index contributed by atoms with van der Waals surface area (Å²) in [7, 11) is 0. The maximum Gasteiger partial charge on any atom is 0.338 e. The highest BCUT2D eigenvalue weighted by atomic mass is 16.6. The van der Waals surface area contributed by atoms with Crippen LogP contribution >= 0.6 is 0 Å². The molecule has 2 saturated heterocycles. The van der Waals surface area contributed by atoms with E-state index in [4.69, 9.17) is 9.47 Å². The normalized spacial score (nSPS) is 34.6. The average molecular weight is 391 g/mol. The smallest absolute Gasteiger partial charge is 0.338 e. The second-order valence-electron chi connectivity index (χ2n) is 8.49. The predicted molar refractivity (Wildman–Crippen MR) is 107 cm³/mol. The lowest BCUT2D eigenvalue weighted by atomic mass is 9.75. The zero-order valence-corrected chi connectivity index (χ0v) is 16.4. The van der Waals surface area contributed by atoms with Gasteiger partial charge in [-0.25, -0.2) is 9.59 Å². The number of hydrogen-bond donors (Lipinski definition) is 1. The van der Waals surface area contributed by atoms with E-state index in [1.165, 1.54) is 6.42 Å². The Balaban J connectivity index is 1.40. The Hall–Kier alpha value is -2.66. The highest BCUT2D eigenvalue weighted by Gasteiger charge is 2.63. The van der Waals surface area contributed by atoms with Crippen molar-refractivity contribution in [1.82, 2.24) is 5.32 Å². The minimum absolute atomic E-state index is 0.0312. The standard InChI is InChI=1S/C24H25NO4/c1-14-12-13-17-18(14)20-22(29-24(27)16-10-6-3-7-11-16)21(19(17)25-20)28-23(26)15-8-4-2-5-9-15/h2-11,14,17-22,25H,12-13H2,1H3. The van der Waals surface area contributed by atoms with E-state index in [9.17, 15) is 9.59 Å². The summed E-state index contributed by atoms with van der Waals surface area (Å²) < 4.78 is 11.9. The summed E-state index contributed by atoms with van der Waals surface area (Å²) in [5.74, 6) is 0.767. The Kier molecular flexibility index (Phi) is 4.63. The van der Waals surface area contributed by atoms with Crippen LogP contribution in [0, 0.1) is 17.8 Å². The number of ether oxygens (including phenoxy) is 2. The summed E-state index contributed by atoms with van der Waals surface area (Å²) in [6.45, 7) is 2.27. The quantitative estimate of drug-likeness (QED) is 0.809. The van der Waals surface area contributed by atoms with E-state index in [-0.39, 0.29) is 24.0 Å². The van der Waals surface area contributed by atoms with Gasteiger partial charge in [-0.1, -0.05) is 49.7 Å². The molecule has 1 N–H and O–H groups in total. The van der Waals surface area contributed by atoms with Crippen molar-refractivity contribution >= 4 is 11.9 Å². The molecule has 150 valence electrons. The van der Waals surface area contributed by atoms with Crippen molar-refractivity contribution in [3.8, 4) is 0 Å². The molecule has 2 aliphatic heterocycles.